The van der Waals surface area contributed by atoms with E-state index in [0.717, 1.165) is 18.5 Å². The summed E-state index contributed by atoms with van der Waals surface area (Å²) in [6.45, 7) is 0.863. The van der Waals surface area contributed by atoms with E-state index < -0.39 is 6.10 Å². The summed E-state index contributed by atoms with van der Waals surface area (Å²) < 4.78 is 5.39. The number of oxazole rings is 1. The van der Waals surface area contributed by atoms with Gasteiger partial charge in [0.15, 0.2) is 5.69 Å². The molecule has 1 aliphatic rings. The minimum absolute atomic E-state index is 0.0996. The maximum atomic E-state index is 12.3. The SMILES string of the molecule is O=C(NCC(O)C1Cc2ccccc2CN1)c1coc(-c2ccccc2)n1. The van der Waals surface area contributed by atoms with E-state index in [1.54, 1.807) is 0 Å². The van der Waals surface area contributed by atoms with Crippen molar-refractivity contribution < 1.29 is 14.3 Å². The Morgan fingerprint density at radius 3 is 2.74 bits per heavy atom. The third kappa shape index (κ3) is 3.92. The van der Waals surface area contributed by atoms with Crippen molar-refractivity contribution in [2.75, 3.05) is 6.54 Å². The van der Waals surface area contributed by atoms with Crippen LogP contribution in [0.4, 0.5) is 0 Å². The molecule has 2 atom stereocenters. The lowest BCUT2D eigenvalue weighted by atomic mass is 9.93. The Labute approximate surface area is 157 Å². The second kappa shape index (κ2) is 7.73. The molecule has 3 N–H and O–H groups in total. The zero-order valence-corrected chi connectivity index (χ0v) is 14.8. The van der Waals surface area contributed by atoms with Crippen molar-refractivity contribution in [1.82, 2.24) is 15.6 Å². The molecule has 0 saturated carbocycles. The largest absolute Gasteiger partial charge is 0.444 e. The van der Waals surface area contributed by atoms with Crippen LogP contribution >= 0.6 is 0 Å². The van der Waals surface area contributed by atoms with Crippen LogP contribution in [0.25, 0.3) is 11.5 Å². The Bertz CT molecular complexity index is 923. The third-order valence-electron chi connectivity index (χ3n) is 4.81. The van der Waals surface area contributed by atoms with E-state index in [4.69, 9.17) is 4.42 Å². The van der Waals surface area contributed by atoms with Crippen molar-refractivity contribution in [1.29, 1.82) is 0 Å². The standard InChI is InChI=1S/C21H21N3O3/c25-19(17-10-15-8-4-5-9-16(15)11-22-17)12-23-20(26)18-13-27-21(24-18)14-6-2-1-3-7-14/h1-9,13,17,19,22,25H,10-12H2,(H,23,26). The Kier molecular flexibility index (Phi) is 5.00. The van der Waals surface area contributed by atoms with Crippen LogP contribution in [-0.2, 0) is 13.0 Å². The number of fused-ring (bicyclic) bond motifs is 1. The molecule has 1 aromatic heterocycles. The van der Waals surface area contributed by atoms with Gasteiger partial charge < -0.3 is 20.2 Å². The highest BCUT2D eigenvalue weighted by Crippen LogP contribution is 2.19. The highest BCUT2D eigenvalue weighted by atomic mass is 16.3. The summed E-state index contributed by atoms with van der Waals surface area (Å²) in [5.41, 5.74) is 3.49. The first-order valence-electron chi connectivity index (χ1n) is 8.98. The number of carbonyl (C=O) groups excluding carboxylic acids is 1. The molecule has 0 radical (unpaired) electrons. The smallest absolute Gasteiger partial charge is 0.273 e. The summed E-state index contributed by atoms with van der Waals surface area (Å²) in [4.78, 5) is 16.5. The van der Waals surface area contributed by atoms with Gasteiger partial charge in [0.25, 0.3) is 5.91 Å². The molecule has 2 aromatic carbocycles. The first-order valence-corrected chi connectivity index (χ1v) is 8.98. The number of rotatable bonds is 5. The van der Waals surface area contributed by atoms with E-state index in [-0.39, 0.29) is 24.2 Å². The average Bonchev–Trinajstić information content (AvgIpc) is 3.22. The summed E-state index contributed by atoms with van der Waals surface area (Å²) >= 11 is 0. The lowest BCUT2D eigenvalue weighted by Crippen LogP contribution is -2.49. The van der Waals surface area contributed by atoms with Gasteiger partial charge in [-0.3, -0.25) is 4.79 Å². The normalized spacial score (nSPS) is 17.1. The molecule has 1 aliphatic heterocycles. The van der Waals surface area contributed by atoms with Gasteiger partial charge in [-0.2, -0.15) is 0 Å². The highest BCUT2D eigenvalue weighted by Gasteiger charge is 2.25. The molecule has 0 bridgehead atoms. The number of nitrogens with one attached hydrogen (secondary N) is 2. The fourth-order valence-electron chi connectivity index (χ4n) is 3.27. The minimum Gasteiger partial charge on any atom is -0.444 e. The number of nitrogens with zero attached hydrogens (tertiary/aromatic N) is 1. The number of aliphatic hydroxyl groups is 1. The van der Waals surface area contributed by atoms with Gasteiger partial charge in [-0.15, -0.1) is 0 Å². The summed E-state index contributed by atoms with van der Waals surface area (Å²) in [5, 5.41) is 16.5. The topological polar surface area (TPSA) is 87.4 Å². The van der Waals surface area contributed by atoms with Crippen LogP contribution < -0.4 is 10.6 Å². The van der Waals surface area contributed by atoms with Crippen LogP contribution in [0.1, 0.15) is 21.6 Å². The molecule has 4 rings (SSSR count). The third-order valence-corrected chi connectivity index (χ3v) is 4.81. The van der Waals surface area contributed by atoms with Crippen molar-refractivity contribution >= 4 is 5.91 Å². The van der Waals surface area contributed by atoms with Gasteiger partial charge in [0.05, 0.1) is 6.10 Å². The Hall–Kier alpha value is -2.96. The number of carbonyl (C=O) groups is 1. The monoisotopic (exact) mass is 363 g/mol. The molecule has 138 valence electrons. The van der Waals surface area contributed by atoms with Crippen molar-refractivity contribution in [3.8, 4) is 11.5 Å². The molecular weight excluding hydrogens is 342 g/mol. The fraction of sp³-hybridized carbons (Fsp3) is 0.238. The number of amides is 1. The second-order valence-corrected chi connectivity index (χ2v) is 6.64. The first kappa shape index (κ1) is 17.5. The molecule has 3 aromatic rings. The summed E-state index contributed by atoms with van der Waals surface area (Å²) in [7, 11) is 0. The van der Waals surface area contributed by atoms with Crippen molar-refractivity contribution in [3.63, 3.8) is 0 Å². The van der Waals surface area contributed by atoms with Crippen LogP contribution in [0.15, 0.2) is 65.3 Å². The molecule has 0 fully saturated rings. The molecule has 6 nitrogen and oxygen atoms in total. The van der Waals surface area contributed by atoms with Gasteiger partial charge in [-0.05, 0) is 29.7 Å². The van der Waals surface area contributed by atoms with Gasteiger partial charge in [0.2, 0.25) is 5.89 Å². The molecule has 27 heavy (non-hydrogen) atoms. The highest BCUT2D eigenvalue weighted by molar-refractivity contribution is 5.92. The Morgan fingerprint density at radius 1 is 1.19 bits per heavy atom. The predicted molar refractivity (Wildman–Crippen MR) is 101 cm³/mol. The number of aromatic nitrogens is 1. The fourth-order valence-corrected chi connectivity index (χ4v) is 3.27. The van der Waals surface area contributed by atoms with Gasteiger partial charge in [-0.25, -0.2) is 4.98 Å². The van der Waals surface area contributed by atoms with Crippen molar-refractivity contribution in [2.24, 2.45) is 0 Å². The van der Waals surface area contributed by atoms with Crippen LogP contribution in [0.2, 0.25) is 0 Å². The van der Waals surface area contributed by atoms with Gasteiger partial charge in [0.1, 0.15) is 6.26 Å². The van der Waals surface area contributed by atoms with Gasteiger partial charge in [-0.1, -0.05) is 42.5 Å². The molecule has 2 heterocycles. The van der Waals surface area contributed by atoms with Gasteiger partial charge in [0, 0.05) is 24.7 Å². The number of hydrogen-bond donors (Lipinski definition) is 3. The van der Waals surface area contributed by atoms with E-state index in [2.05, 4.69) is 27.8 Å². The quantitative estimate of drug-likeness (QED) is 0.647. The van der Waals surface area contributed by atoms with Crippen LogP contribution in [0, 0.1) is 0 Å². The summed E-state index contributed by atoms with van der Waals surface area (Å²) in [6, 6.07) is 17.5. The Balaban J connectivity index is 1.34. The number of hydrogen-bond acceptors (Lipinski definition) is 5. The van der Waals surface area contributed by atoms with Crippen molar-refractivity contribution in [2.45, 2.75) is 25.1 Å². The minimum atomic E-state index is -0.692. The second-order valence-electron chi connectivity index (χ2n) is 6.64. The zero-order chi connectivity index (χ0) is 18.6. The summed E-state index contributed by atoms with van der Waals surface area (Å²) in [6.07, 6.45) is 1.37. The first-order chi connectivity index (χ1) is 13.2. The number of aliphatic hydroxyl groups excluding tert-OH is 1. The average molecular weight is 363 g/mol. The number of benzene rings is 2. The molecule has 1 amide bonds. The molecule has 0 aliphatic carbocycles. The maximum absolute atomic E-state index is 12.3. The molecular formula is C21H21N3O3. The van der Waals surface area contributed by atoms with Gasteiger partial charge >= 0.3 is 0 Å². The van der Waals surface area contributed by atoms with E-state index in [1.807, 2.05) is 42.5 Å². The van der Waals surface area contributed by atoms with Crippen LogP contribution in [-0.4, -0.2) is 34.7 Å². The van der Waals surface area contributed by atoms with Crippen molar-refractivity contribution in [3.05, 3.63) is 77.7 Å². The van der Waals surface area contributed by atoms with E-state index in [0.29, 0.717) is 5.89 Å². The van der Waals surface area contributed by atoms with Crippen LogP contribution in [0.5, 0.6) is 0 Å². The summed E-state index contributed by atoms with van der Waals surface area (Å²) in [5.74, 6) is 0.0306. The predicted octanol–water partition coefficient (Wildman–Crippen LogP) is 2.15. The molecule has 0 spiro atoms. The zero-order valence-electron chi connectivity index (χ0n) is 14.8. The Morgan fingerprint density at radius 2 is 1.93 bits per heavy atom. The lowest BCUT2D eigenvalue weighted by molar-refractivity contribution is 0.0865. The van der Waals surface area contributed by atoms with E-state index >= 15 is 0 Å². The lowest BCUT2D eigenvalue weighted by Gasteiger charge is -2.29. The molecule has 0 saturated heterocycles. The van der Waals surface area contributed by atoms with E-state index in [1.165, 1.54) is 17.4 Å². The molecule has 6 heteroatoms. The van der Waals surface area contributed by atoms with E-state index in [9.17, 15) is 9.90 Å². The molecule has 2 unspecified atom stereocenters. The maximum Gasteiger partial charge on any atom is 0.273 e. The van der Waals surface area contributed by atoms with Crippen LogP contribution in [0.3, 0.4) is 0 Å².